The third-order valence-electron chi connectivity index (χ3n) is 4.19. The van der Waals surface area contributed by atoms with Crippen LogP contribution in [0.1, 0.15) is 12.5 Å². The normalized spacial score (nSPS) is 11.6. The maximum Gasteiger partial charge on any atom is 0.237 e. The van der Waals surface area contributed by atoms with Crippen LogP contribution < -0.4 is 10.6 Å². The smallest absolute Gasteiger partial charge is 0.237 e. The highest BCUT2D eigenvalue weighted by Crippen LogP contribution is 2.28. The highest BCUT2D eigenvalue weighted by atomic mass is 35.5. The van der Waals surface area contributed by atoms with Crippen LogP contribution >= 0.6 is 35.0 Å². The molecule has 0 fully saturated rings. The largest absolute Gasteiger partial charge is 0.326 e. The van der Waals surface area contributed by atoms with Crippen LogP contribution in [0.3, 0.4) is 0 Å². The van der Waals surface area contributed by atoms with Crippen LogP contribution in [0, 0.1) is 0 Å². The summed E-state index contributed by atoms with van der Waals surface area (Å²) in [5, 5.41) is 6.20. The summed E-state index contributed by atoms with van der Waals surface area (Å²) in [6.07, 6.45) is 0.306. The van der Waals surface area contributed by atoms with Crippen molar-refractivity contribution in [1.29, 1.82) is 0 Å². The van der Waals surface area contributed by atoms with Gasteiger partial charge in [-0.25, -0.2) is 0 Å². The molecule has 154 valence electrons. The van der Waals surface area contributed by atoms with Crippen molar-refractivity contribution in [3.05, 3.63) is 88.4 Å². The number of amides is 2. The Morgan fingerprint density at radius 1 is 0.867 bits per heavy atom. The Morgan fingerprint density at radius 3 is 2.33 bits per heavy atom. The Morgan fingerprint density at radius 2 is 1.60 bits per heavy atom. The topological polar surface area (TPSA) is 58.2 Å². The number of benzene rings is 3. The Balaban J connectivity index is 1.57. The van der Waals surface area contributed by atoms with Gasteiger partial charge in [0.1, 0.15) is 0 Å². The molecule has 7 heteroatoms. The molecular weight excluding hydrogens is 439 g/mol. The van der Waals surface area contributed by atoms with Crippen LogP contribution in [-0.2, 0) is 16.0 Å². The molecule has 3 rings (SSSR count). The summed E-state index contributed by atoms with van der Waals surface area (Å²) in [5.74, 6) is -0.245. The highest BCUT2D eigenvalue weighted by Gasteiger charge is 2.15. The van der Waals surface area contributed by atoms with Gasteiger partial charge in [0, 0.05) is 16.3 Å². The van der Waals surface area contributed by atoms with E-state index in [4.69, 9.17) is 23.2 Å². The van der Waals surface area contributed by atoms with Gasteiger partial charge in [-0.2, -0.15) is 0 Å². The Kier molecular flexibility index (Phi) is 7.80. The first-order chi connectivity index (χ1) is 14.4. The lowest BCUT2D eigenvalue weighted by Gasteiger charge is -2.13. The molecule has 0 radical (unpaired) electrons. The molecule has 0 saturated heterocycles. The molecule has 2 N–H and O–H groups in total. The number of carbonyl (C=O) groups is 2. The van der Waals surface area contributed by atoms with E-state index in [1.54, 1.807) is 18.2 Å². The number of rotatable bonds is 7. The van der Waals surface area contributed by atoms with Gasteiger partial charge in [0.15, 0.2) is 0 Å². The summed E-state index contributed by atoms with van der Waals surface area (Å²) in [7, 11) is 0. The summed E-state index contributed by atoms with van der Waals surface area (Å²) in [6, 6.07) is 22.0. The standard InChI is InChI=1S/C23H20Cl2N2O2S/c1-15(23(29)27-18-10-11-20(24)21(25)14-18)30-19-9-5-8-17(13-19)26-22(28)12-16-6-3-2-4-7-16/h2-11,13-15H,12H2,1H3,(H,26,28)(H,27,29). The first-order valence-corrected chi connectivity index (χ1v) is 10.9. The molecule has 0 aliphatic heterocycles. The number of halogens is 2. The molecule has 1 atom stereocenters. The van der Waals surface area contributed by atoms with Crippen molar-refractivity contribution in [2.75, 3.05) is 10.6 Å². The van der Waals surface area contributed by atoms with E-state index in [9.17, 15) is 9.59 Å². The van der Waals surface area contributed by atoms with Gasteiger partial charge in [0.2, 0.25) is 11.8 Å². The second kappa shape index (κ2) is 10.5. The van der Waals surface area contributed by atoms with Crippen molar-refractivity contribution < 1.29 is 9.59 Å². The summed E-state index contributed by atoms with van der Waals surface area (Å²) >= 11 is 13.3. The molecular formula is C23H20Cl2N2O2S. The number of nitrogens with one attached hydrogen (secondary N) is 2. The maximum absolute atomic E-state index is 12.5. The molecule has 4 nitrogen and oxygen atoms in total. The SMILES string of the molecule is CC(Sc1cccc(NC(=O)Cc2ccccc2)c1)C(=O)Nc1ccc(Cl)c(Cl)c1. The first-order valence-electron chi connectivity index (χ1n) is 9.27. The molecule has 2 amide bonds. The van der Waals surface area contributed by atoms with Gasteiger partial charge in [-0.3, -0.25) is 9.59 Å². The Labute approximate surface area is 190 Å². The first kappa shape index (κ1) is 22.2. The van der Waals surface area contributed by atoms with Gasteiger partial charge in [-0.05, 0) is 48.9 Å². The van der Waals surface area contributed by atoms with Crippen molar-refractivity contribution in [2.24, 2.45) is 0 Å². The maximum atomic E-state index is 12.5. The average molecular weight is 459 g/mol. The summed E-state index contributed by atoms with van der Waals surface area (Å²) in [4.78, 5) is 25.7. The molecule has 0 bridgehead atoms. The zero-order chi connectivity index (χ0) is 21.5. The van der Waals surface area contributed by atoms with Crippen LogP contribution in [0.5, 0.6) is 0 Å². The van der Waals surface area contributed by atoms with E-state index in [1.807, 2.05) is 61.5 Å². The van der Waals surface area contributed by atoms with Crippen LogP contribution in [-0.4, -0.2) is 17.1 Å². The highest BCUT2D eigenvalue weighted by molar-refractivity contribution is 8.00. The lowest BCUT2D eigenvalue weighted by Crippen LogP contribution is -2.22. The minimum Gasteiger partial charge on any atom is -0.326 e. The lowest BCUT2D eigenvalue weighted by atomic mass is 10.1. The zero-order valence-corrected chi connectivity index (χ0v) is 18.5. The molecule has 0 aromatic heterocycles. The third kappa shape index (κ3) is 6.52. The predicted molar refractivity (Wildman–Crippen MR) is 126 cm³/mol. The monoisotopic (exact) mass is 458 g/mol. The molecule has 0 heterocycles. The number of anilines is 2. The van der Waals surface area contributed by atoms with Gasteiger partial charge in [0.05, 0.1) is 21.7 Å². The second-order valence-corrected chi connectivity index (χ2v) is 8.85. The van der Waals surface area contributed by atoms with Gasteiger partial charge < -0.3 is 10.6 Å². The minimum atomic E-state index is -0.352. The van der Waals surface area contributed by atoms with E-state index in [2.05, 4.69) is 10.6 Å². The number of hydrogen-bond donors (Lipinski definition) is 2. The zero-order valence-electron chi connectivity index (χ0n) is 16.2. The molecule has 0 saturated carbocycles. The van der Waals surface area contributed by atoms with Crippen LogP contribution in [0.25, 0.3) is 0 Å². The number of thioether (sulfide) groups is 1. The molecule has 1 unspecified atom stereocenters. The van der Waals surface area contributed by atoms with Crippen LogP contribution in [0.4, 0.5) is 11.4 Å². The van der Waals surface area contributed by atoms with Crippen LogP contribution in [0.2, 0.25) is 10.0 Å². The van der Waals surface area contributed by atoms with E-state index >= 15 is 0 Å². The molecule has 0 aliphatic rings. The number of carbonyl (C=O) groups excluding carboxylic acids is 2. The fraction of sp³-hybridized carbons (Fsp3) is 0.130. The second-order valence-electron chi connectivity index (χ2n) is 6.62. The minimum absolute atomic E-state index is 0.0891. The van der Waals surface area contributed by atoms with E-state index in [0.29, 0.717) is 27.8 Å². The van der Waals surface area contributed by atoms with E-state index in [1.165, 1.54) is 11.8 Å². The van der Waals surface area contributed by atoms with Gasteiger partial charge in [-0.1, -0.05) is 59.6 Å². The van der Waals surface area contributed by atoms with Gasteiger partial charge >= 0.3 is 0 Å². The number of hydrogen-bond acceptors (Lipinski definition) is 3. The van der Waals surface area contributed by atoms with E-state index < -0.39 is 0 Å². The average Bonchev–Trinajstić information content (AvgIpc) is 2.71. The van der Waals surface area contributed by atoms with Crippen LogP contribution in [0.15, 0.2) is 77.7 Å². The molecule has 0 spiro atoms. The van der Waals surface area contributed by atoms with Crippen molar-refractivity contribution in [2.45, 2.75) is 23.5 Å². The Bertz CT molecular complexity index is 1040. The fourth-order valence-corrected chi connectivity index (χ4v) is 3.93. The molecule has 30 heavy (non-hydrogen) atoms. The van der Waals surface area contributed by atoms with Gasteiger partial charge in [-0.15, -0.1) is 11.8 Å². The Hall–Kier alpha value is -2.47. The van der Waals surface area contributed by atoms with Crippen molar-refractivity contribution in [3.63, 3.8) is 0 Å². The summed E-state index contributed by atoms with van der Waals surface area (Å²) < 4.78 is 0. The van der Waals surface area contributed by atoms with Crippen molar-refractivity contribution in [3.8, 4) is 0 Å². The lowest BCUT2D eigenvalue weighted by molar-refractivity contribution is -0.116. The summed E-state index contributed by atoms with van der Waals surface area (Å²) in [6.45, 7) is 1.82. The van der Waals surface area contributed by atoms with Crippen molar-refractivity contribution in [1.82, 2.24) is 0 Å². The summed E-state index contributed by atoms with van der Waals surface area (Å²) in [5.41, 5.74) is 2.23. The third-order valence-corrected chi connectivity index (χ3v) is 6.03. The molecule has 3 aromatic carbocycles. The fourth-order valence-electron chi connectivity index (χ4n) is 2.71. The molecule has 0 aliphatic carbocycles. The van der Waals surface area contributed by atoms with Crippen molar-refractivity contribution >= 4 is 58.2 Å². The van der Waals surface area contributed by atoms with E-state index in [0.717, 1.165) is 10.5 Å². The van der Waals surface area contributed by atoms with E-state index in [-0.39, 0.29) is 17.1 Å². The van der Waals surface area contributed by atoms with Gasteiger partial charge in [0.25, 0.3) is 0 Å². The molecule has 3 aromatic rings. The quantitative estimate of drug-likeness (QED) is 0.408. The predicted octanol–water partition coefficient (Wildman–Crippen LogP) is 6.29.